The standard InChI is InChI=1S/C6H12F3NO2S/c1-3-4-5-10(2)13(11,12)6(7,8)9/h3-5H2,1-2H3. The summed E-state index contributed by atoms with van der Waals surface area (Å²) < 4.78 is 57.3. The van der Waals surface area contributed by atoms with Gasteiger partial charge in [0.1, 0.15) is 0 Å². The van der Waals surface area contributed by atoms with Gasteiger partial charge in [-0.05, 0) is 6.42 Å². The third-order valence-corrected chi connectivity index (χ3v) is 3.12. The fourth-order valence-corrected chi connectivity index (χ4v) is 1.40. The van der Waals surface area contributed by atoms with E-state index in [1.54, 1.807) is 6.92 Å². The molecule has 0 aliphatic rings. The molecular formula is C6H12F3NO2S. The Kier molecular flexibility index (Phi) is 4.18. The van der Waals surface area contributed by atoms with Crippen molar-refractivity contribution >= 4 is 10.0 Å². The first-order valence-corrected chi connectivity index (χ1v) is 5.20. The average molecular weight is 219 g/mol. The van der Waals surface area contributed by atoms with Crippen LogP contribution in [0, 0.1) is 0 Å². The molecule has 3 nitrogen and oxygen atoms in total. The van der Waals surface area contributed by atoms with Gasteiger partial charge in [-0.1, -0.05) is 13.3 Å². The molecule has 0 N–H and O–H groups in total. The van der Waals surface area contributed by atoms with Gasteiger partial charge in [0.2, 0.25) is 0 Å². The Morgan fingerprint density at radius 1 is 1.31 bits per heavy atom. The van der Waals surface area contributed by atoms with Crippen molar-refractivity contribution in [1.82, 2.24) is 4.31 Å². The van der Waals surface area contributed by atoms with E-state index in [-0.39, 0.29) is 6.54 Å². The lowest BCUT2D eigenvalue weighted by Gasteiger charge is -2.17. The van der Waals surface area contributed by atoms with E-state index in [2.05, 4.69) is 0 Å². The van der Waals surface area contributed by atoms with Gasteiger partial charge in [0.25, 0.3) is 0 Å². The number of sulfonamides is 1. The van der Waals surface area contributed by atoms with Crippen molar-refractivity contribution in [3.05, 3.63) is 0 Å². The van der Waals surface area contributed by atoms with Crippen molar-refractivity contribution in [3.63, 3.8) is 0 Å². The first-order chi connectivity index (χ1) is 5.73. The van der Waals surface area contributed by atoms with Gasteiger partial charge in [0.05, 0.1) is 0 Å². The summed E-state index contributed by atoms with van der Waals surface area (Å²) in [6.45, 7) is 1.67. The van der Waals surface area contributed by atoms with Gasteiger partial charge < -0.3 is 0 Å². The van der Waals surface area contributed by atoms with Crippen LogP contribution in [0.15, 0.2) is 0 Å². The molecule has 0 aliphatic heterocycles. The number of unbranched alkanes of at least 4 members (excludes halogenated alkanes) is 1. The third-order valence-electron chi connectivity index (χ3n) is 1.53. The molecule has 0 saturated heterocycles. The summed E-state index contributed by atoms with van der Waals surface area (Å²) in [6.07, 6.45) is 1.07. The molecule has 0 unspecified atom stereocenters. The van der Waals surface area contributed by atoms with Crippen molar-refractivity contribution in [1.29, 1.82) is 0 Å². The Bertz CT molecular complexity index is 247. The van der Waals surface area contributed by atoms with E-state index in [4.69, 9.17) is 0 Å². The lowest BCUT2D eigenvalue weighted by atomic mass is 10.3. The molecular weight excluding hydrogens is 207 g/mol. The first-order valence-electron chi connectivity index (χ1n) is 3.76. The third kappa shape index (κ3) is 3.15. The molecule has 0 aromatic rings. The van der Waals surface area contributed by atoms with Gasteiger partial charge in [0, 0.05) is 13.6 Å². The van der Waals surface area contributed by atoms with E-state index >= 15 is 0 Å². The van der Waals surface area contributed by atoms with Crippen LogP contribution in [0.25, 0.3) is 0 Å². The van der Waals surface area contributed by atoms with E-state index < -0.39 is 15.5 Å². The van der Waals surface area contributed by atoms with Gasteiger partial charge in [-0.25, -0.2) is 8.42 Å². The Hall–Kier alpha value is -0.300. The highest BCUT2D eigenvalue weighted by molar-refractivity contribution is 7.89. The predicted octanol–water partition coefficient (Wildman–Crippen LogP) is 1.57. The number of hydrogen-bond donors (Lipinski definition) is 0. The van der Waals surface area contributed by atoms with Gasteiger partial charge in [-0.3, -0.25) is 0 Å². The van der Waals surface area contributed by atoms with Crippen molar-refractivity contribution in [2.75, 3.05) is 13.6 Å². The van der Waals surface area contributed by atoms with Crippen LogP contribution in [-0.4, -0.2) is 31.8 Å². The van der Waals surface area contributed by atoms with E-state index in [1.165, 1.54) is 0 Å². The first kappa shape index (κ1) is 12.7. The molecule has 13 heavy (non-hydrogen) atoms. The Morgan fingerprint density at radius 2 is 1.77 bits per heavy atom. The van der Waals surface area contributed by atoms with E-state index in [1.807, 2.05) is 0 Å². The van der Waals surface area contributed by atoms with Crippen LogP contribution in [0.2, 0.25) is 0 Å². The minimum atomic E-state index is -5.19. The molecule has 0 saturated carbocycles. The highest BCUT2D eigenvalue weighted by Crippen LogP contribution is 2.25. The summed E-state index contributed by atoms with van der Waals surface area (Å²) in [5.41, 5.74) is -5.19. The van der Waals surface area contributed by atoms with Crippen LogP contribution in [0.1, 0.15) is 19.8 Å². The maximum Gasteiger partial charge on any atom is 0.511 e. The topological polar surface area (TPSA) is 37.4 Å². The zero-order valence-electron chi connectivity index (χ0n) is 7.43. The smallest absolute Gasteiger partial charge is 0.203 e. The van der Waals surface area contributed by atoms with Gasteiger partial charge >= 0.3 is 15.5 Å². The fourth-order valence-electron chi connectivity index (χ4n) is 0.678. The molecule has 0 aromatic heterocycles. The lowest BCUT2D eigenvalue weighted by Crippen LogP contribution is -2.38. The number of nitrogens with zero attached hydrogens (tertiary/aromatic N) is 1. The minimum Gasteiger partial charge on any atom is -0.203 e. The van der Waals surface area contributed by atoms with Gasteiger partial charge in [0.15, 0.2) is 0 Å². The number of rotatable bonds is 4. The Labute approximate surface area is 75.6 Å². The predicted molar refractivity (Wildman–Crippen MR) is 42.5 cm³/mol. The zero-order chi connectivity index (χ0) is 10.7. The Morgan fingerprint density at radius 3 is 2.08 bits per heavy atom. The number of alkyl halides is 3. The summed E-state index contributed by atoms with van der Waals surface area (Å²) in [4.78, 5) is 0. The summed E-state index contributed by atoms with van der Waals surface area (Å²) in [6, 6.07) is 0. The van der Waals surface area contributed by atoms with Crippen LogP contribution < -0.4 is 0 Å². The molecule has 0 spiro atoms. The SMILES string of the molecule is CCCCN(C)S(=O)(=O)C(F)(F)F. The molecule has 0 radical (unpaired) electrons. The van der Waals surface area contributed by atoms with Crippen LogP contribution in [0.5, 0.6) is 0 Å². The maximum absolute atomic E-state index is 11.9. The molecule has 0 heterocycles. The van der Waals surface area contributed by atoms with Crippen LogP contribution in [-0.2, 0) is 10.0 Å². The summed E-state index contributed by atoms with van der Waals surface area (Å²) in [7, 11) is -4.19. The Balaban J connectivity index is 4.48. The van der Waals surface area contributed by atoms with E-state index in [9.17, 15) is 21.6 Å². The maximum atomic E-state index is 11.9. The zero-order valence-corrected chi connectivity index (χ0v) is 8.24. The fraction of sp³-hybridized carbons (Fsp3) is 1.00. The van der Waals surface area contributed by atoms with Crippen molar-refractivity contribution in [3.8, 4) is 0 Å². The molecule has 0 aromatic carbocycles. The molecule has 0 rings (SSSR count). The van der Waals surface area contributed by atoms with Crippen LogP contribution in [0.3, 0.4) is 0 Å². The molecule has 80 valence electrons. The summed E-state index contributed by atoms with van der Waals surface area (Å²) in [5.74, 6) is 0. The normalized spacial score (nSPS) is 13.7. The minimum absolute atomic E-state index is 0.0989. The molecule has 0 atom stereocenters. The summed E-state index contributed by atoms with van der Waals surface area (Å²) >= 11 is 0. The highest BCUT2D eigenvalue weighted by Gasteiger charge is 2.48. The summed E-state index contributed by atoms with van der Waals surface area (Å²) in [5, 5.41) is 0. The van der Waals surface area contributed by atoms with Crippen molar-refractivity contribution in [2.45, 2.75) is 25.3 Å². The number of halogens is 3. The second-order valence-corrected chi connectivity index (χ2v) is 4.66. The molecule has 0 bridgehead atoms. The quantitative estimate of drug-likeness (QED) is 0.719. The van der Waals surface area contributed by atoms with E-state index in [0.717, 1.165) is 7.05 Å². The molecule has 0 aliphatic carbocycles. The van der Waals surface area contributed by atoms with Gasteiger partial charge in [-0.15, -0.1) is 0 Å². The number of hydrogen-bond acceptors (Lipinski definition) is 2. The second kappa shape index (κ2) is 4.28. The molecule has 0 fully saturated rings. The van der Waals surface area contributed by atoms with Crippen LogP contribution >= 0.6 is 0 Å². The largest absolute Gasteiger partial charge is 0.511 e. The van der Waals surface area contributed by atoms with E-state index in [0.29, 0.717) is 17.1 Å². The van der Waals surface area contributed by atoms with Crippen LogP contribution in [0.4, 0.5) is 13.2 Å². The van der Waals surface area contributed by atoms with Crippen molar-refractivity contribution in [2.24, 2.45) is 0 Å². The second-order valence-electron chi connectivity index (χ2n) is 2.63. The average Bonchev–Trinajstić information content (AvgIpc) is 1.97. The monoisotopic (exact) mass is 219 g/mol. The molecule has 7 heteroatoms. The lowest BCUT2D eigenvalue weighted by molar-refractivity contribution is -0.0482. The van der Waals surface area contributed by atoms with Gasteiger partial charge in [-0.2, -0.15) is 17.5 Å². The van der Waals surface area contributed by atoms with Crippen molar-refractivity contribution < 1.29 is 21.6 Å². The highest BCUT2D eigenvalue weighted by atomic mass is 32.2. The molecule has 0 amide bonds.